The molecule has 0 saturated heterocycles. The second-order valence-electron chi connectivity index (χ2n) is 3.54. The first-order chi connectivity index (χ1) is 4.86. The number of hydrogen-bond donors (Lipinski definition) is 0. The molecule has 0 aliphatic heterocycles. The summed E-state index contributed by atoms with van der Waals surface area (Å²) in [5.41, 5.74) is 0. The molecule has 0 heteroatoms. The van der Waals surface area contributed by atoms with Gasteiger partial charge in [-0.2, -0.15) is 0 Å². The summed E-state index contributed by atoms with van der Waals surface area (Å²) in [6.07, 6.45) is 9.51. The molecule has 0 bridgehead atoms. The van der Waals surface area contributed by atoms with Crippen LogP contribution in [0.5, 0.6) is 0 Å². The van der Waals surface area contributed by atoms with Crippen molar-refractivity contribution in [2.24, 2.45) is 11.8 Å². The van der Waals surface area contributed by atoms with Crippen molar-refractivity contribution >= 4 is 0 Å². The largest absolute Gasteiger partial charge is 0.0651 e. The minimum Gasteiger partial charge on any atom is -0.0651 e. The average Bonchev–Trinajstić information content (AvgIpc) is 2.05. The molecule has 1 saturated carbocycles. The maximum Gasteiger partial charge on any atom is -0.0380 e. The zero-order chi connectivity index (χ0) is 7.40. The molecule has 0 spiro atoms. The molecule has 0 N–H and O–H groups in total. The smallest absolute Gasteiger partial charge is 0.0380 e. The van der Waals surface area contributed by atoms with Gasteiger partial charge in [-0.25, -0.2) is 0 Å². The molecule has 2 atom stereocenters. The maximum atomic E-state index is 2.49. The van der Waals surface area contributed by atoms with Gasteiger partial charge in [-0.05, 0) is 37.5 Å². The molecule has 1 rings (SSSR count). The summed E-state index contributed by atoms with van der Waals surface area (Å²) in [4.78, 5) is 0. The van der Waals surface area contributed by atoms with Gasteiger partial charge in [0.05, 0.1) is 0 Å². The summed E-state index contributed by atoms with van der Waals surface area (Å²) in [6, 6.07) is 0. The highest BCUT2D eigenvalue weighted by atomic mass is 14.2. The predicted molar refractivity (Wildman–Crippen MR) is 45.7 cm³/mol. The fourth-order valence-electron chi connectivity index (χ4n) is 1.90. The molecule has 1 fully saturated rings. The summed E-state index contributed by atoms with van der Waals surface area (Å²) in [5.74, 6) is 2.03. The molecule has 59 valence electrons. The minimum atomic E-state index is 1.01. The van der Waals surface area contributed by atoms with E-state index in [1.165, 1.54) is 32.1 Å². The Balaban J connectivity index is 2.25. The SMILES string of the molecule is CCC1C[CH]CC(CC)C1. The Kier molecular flexibility index (Phi) is 3.24. The van der Waals surface area contributed by atoms with E-state index in [2.05, 4.69) is 20.3 Å². The Hall–Kier alpha value is 0. The highest BCUT2D eigenvalue weighted by molar-refractivity contribution is 4.81. The van der Waals surface area contributed by atoms with Gasteiger partial charge in [0.1, 0.15) is 0 Å². The van der Waals surface area contributed by atoms with Gasteiger partial charge in [0.25, 0.3) is 0 Å². The Labute approximate surface area is 65.0 Å². The lowest BCUT2D eigenvalue weighted by Gasteiger charge is -2.27. The van der Waals surface area contributed by atoms with Crippen molar-refractivity contribution in [3.8, 4) is 0 Å². The second-order valence-corrected chi connectivity index (χ2v) is 3.54. The van der Waals surface area contributed by atoms with Crippen LogP contribution in [0.25, 0.3) is 0 Å². The Morgan fingerprint density at radius 2 is 1.60 bits per heavy atom. The topological polar surface area (TPSA) is 0 Å². The van der Waals surface area contributed by atoms with Gasteiger partial charge in [0, 0.05) is 0 Å². The van der Waals surface area contributed by atoms with Gasteiger partial charge >= 0.3 is 0 Å². The van der Waals surface area contributed by atoms with Gasteiger partial charge < -0.3 is 0 Å². The van der Waals surface area contributed by atoms with Crippen molar-refractivity contribution in [1.29, 1.82) is 0 Å². The summed E-state index contributed by atoms with van der Waals surface area (Å²) in [7, 11) is 0. The van der Waals surface area contributed by atoms with Crippen LogP contribution in [0.2, 0.25) is 0 Å². The van der Waals surface area contributed by atoms with Crippen molar-refractivity contribution in [1.82, 2.24) is 0 Å². The van der Waals surface area contributed by atoms with E-state index in [4.69, 9.17) is 0 Å². The van der Waals surface area contributed by atoms with Crippen LogP contribution >= 0.6 is 0 Å². The van der Waals surface area contributed by atoms with E-state index in [1.54, 1.807) is 0 Å². The zero-order valence-electron chi connectivity index (χ0n) is 7.27. The van der Waals surface area contributed by atoms with Gasteiger partial charge in [-0.1, -0.05) is 26.7 Å². The summed E-state index contributed by atoms with van der Waals surface area (Å²) in [5, 5.41) is 0. The van der Waals surface area contributed by atoms with Crippen LogP contribution in [0.1, 0.15) is 46.0 Å². The fraction of sp³-hybridized carbons (Fsp3) is 0.900. The maximum absolute atomic E-state index is 2.49. The first-order valence-corrected chi connectivity index (χ1v) is 4.68. The second kappa shape index (κ2) is 4.00. The van der Waals surface area contributed by atoms with E-state index in [9.17, 15) is 0 Å². The van der Waals surface area contributed by atoms with Gasteiger partial charge in [0.2, 0.25) is 0 Å². The standard InChI is InChI=1S/C10H19/c1-3-9-6-5-7-10(4-2)8-9/h5,9-10H,3-4,6-8H2,1-2H3. The van der Waals surface area contributed by atoms with E-state index in [0.29, 0.717) is 0 Å². The van der Waals surface area contributed by atoms with Crippen LogP contribution in [0.4, 0.5) is 0 Å². The van der Waals surface area contributed by atoms with E-state index in [1.807, 2.05) is 0 Å². The van der Waals surface area contributed by atoms with E-state index >= 15 is 0 Å². The van der Waals surface area contributed by atoms with E-state index in [0.717, 1.165) is 11.8 Å². The van der Waals surface area contributed by atoms with Crippen LogP contribution in [-0.2, 0) is 0 Å². The number of rotatable bonds is 2. The van der Waals surface area contributed by atoms with Crippen LogP contribution < -0.4 is 0 Å². The van der Waals surface area contributed by atoms with Crippen molar-refractivity contribution in [3.63, 3.8) is 0 Å². The summed E-state index contributed by atoms with van der Waals surface area (Å²) in [6.45, 7) is 4.63. The summed E-state index contributed by atoms with van der Waals surface area (Å²) >= 11 is 0. The molecule has 10 heavy (non-hydrogen) atoms. The molecule has 0 aromatic heterocycles. The quantitative estimate of drug-likeness (QED) is 0.550. The van der Waals surface area contributed by atoms with Crippen LogP contribution in [0.15, 0.2) is 0 Å². The lowest BCUT2D eigenvalue weighted by molar-refractivity contribution is 0.300. The molecule has 0 aromatic rings. The summed E-state index contributed by atoms with van der Waals surface area (Å²) < 4.78 is 0. The highest BCUT2D eigenvalue weighted by Gasteiger charge is 2.18. The predicted octanol–water partition coefficient (Wildman–Crippen LogP) is 3.43. The first-order valence-electron chi connectivity index (χ1n) is 4.68. The van der Waals surface area contributed by atoms with Crippen molar-refractivity contribution < 1.29 is 0 Å². The third-order valence-electron chi connectivity index (χ3n) is 2.82. The average molecular weight is 139 g/mol. The lowest BCUT2D eigenvalue weighted by Crippen LogP contribution is -2.14. The molecule has 0 nitrogen and oxygen atoms in total. The molecule has 1 aliphatic carbocycles. The van der Waals surface area contributed by atoms with Crippen LogP contribution in [0, 0.1) is 18.3 Å². The third-order valence-corrected chi connectivity index (χ3v) is 2.82. The van der Waals surface area contributed by atoms with Crippen molar-refractivity contribution in [2.45, 2.75) is 46.0 Å². The van der Waals surface area contributed by atoms with Gasteiger partial charge in [0.15, 0.2) is 0 Å². The van der Waals surface area contributed by atoms with E-state index < -0.39 is 0 Å². The highest BCUT2D eigenvalue weighted by Crippen LogP contribution is 2.31. The molecule has 1 aliphatic rings. The Morgan fingerprint density at radius 3 is 2.00 bits per heavy atom. The molecule has 0 heterocycles. The van der Waals surface area contributed by atoms with E-state index in [-0.39, 0.29) is 0 Å². The normalized spacial score (nSPS) is 34.2. The van der Waals surface area contributed by atoms with Crippen LogP contribution in [-0.4, -0.2) is 0 Å². The molecular weight excluding hydrogens is 120 g/mol. The first kappa shape index (κ1) is 8.10. The monoisotopic (exact) mass is 139 g/mol. The Morgan fingerprint density at radius 1 is 1.10 bits per heavy atom. The molecule has 0 amide bonds. The fourth-order valence-corrected chi connectivity index (χ4v) is 1.90. The van der Waals surface area contributed by atoms with Gasteiger partial charge in [-0.3, -0.25) is 0 Å². The number of hydrogen-bond acceptors (Lipinski definition) is 0. The molecular formula is C10H19. The molecule has 2 unspecified atom stereocenters. The van der Waals surface area contributed by atoms with Crippen molar-refractivity contribution in [3.05, 3.63) is 6.42 Å². The molecule has 1 radical (unpaired) electrons. The van der Waals surface area contributed by atoms with Crippen molar-refractivity contribution in [2.75, 3.05) is 0 Å². The third kappa shape index (κ3) is 2.00. The molecule has 0 aromatic carbocycles. The van der Waals surface area contributed by atoms with Crippen LogP contribution in [0.3, 0.4) is 0 Å². The lowest BCUT2D eigenvalue weighted by atomic mass is 9.79. The minimum absolute atomic E-state index is 1.01. The zero-order valence-corrected chi connectivity index (χ0v) is 7.27. The van der Waals surface area contributed by atoms with Gasteiger partial charge in [-0.15, -0.1) is 0 Å². The Bertz CT molecular complexity index is 76.0.